The molecule has 5 aromatic rings. The van der Waals surface area contributed by atoms with Gasteiger partial charge in [0.05, 0.1) is 34.5 Å². The molecule has 0 bridgehead atoms. The van der Waals surface area contributed by atoms with Gasteiger partial charge in [-0.2, -0.15) is 0 Å². The minimum absolute atomic E-state index is 0.0425. The molecule has 0 spiro atoms. The van der Waals surface area contributed by atoms with Gasteiger partial charge in [0.1, 0.15) is 48.9 Å². The molecule has 61 heavy (non-hydrogen) atoms. The molecule has 3 heterocycles. The number of anilines is 2. The number of nitrogens with one attached hydrogen (secondary N) is 3. The lowest BCUT2D eigenvalue weighted by atomic mass is 9.85. The molecular weight excluding hydrogens is 816 g/mol. The molecule has 6 rings (SSSR count). The van der Waals surface area contributed by atoms with Crippen LogP contribution in [0.3, 0.4) is 0 Å². The summed E-state index contributed by atoms with van der Waals surface area (Å²) in [5, 5.41) is 19.2. The maximum absolute atomic E-state index is 13.9. The van der Waals surface area contributed by atoms with E-state index < -0.39 is 47.7 Å². The molecule has 0 radical (unpaired) electrons. The number of aromatic nitrogens is 3. The second kappa shape index (κ2) is 19.5. The van der Waals surface area contributed by atoms with E-state index in [9.17, 15) is 32.7 Å². The number of benzene rings is 3. The molecule has 0 saturated carbocycles. The lowest BCUT2D eigenvalue weighted by Crippen LogP contribution is -2.58. The summed E-state index contributed by atoms with van der Waals surface area (Å²) >= 11 is 1.56. The zero-order valence-electron chi connectivity index (χ0n) is 33.9. The topological polar surface area (TPSA) is 177 Å². The van der Waals surface area contributed by atoms with Crippen LogP contribution in [0.15, 0.2) is 90.7 Å². The normalized spacial score (nSPS) is 15.8. The van der Waals surface area contributed by atoms with Crippen molar-refractivity contribution in [1.82, 2.24) is 30.5 Å². The van der Waals surface area contributed by atoms with E-state index in [2.05, 4.69) is 35.6 Å². The van der Waals surface area contributed by atoms with Gasteiger partial charge >= 0.3 is 6.36 Å². The number of aryl methyl sites for hydroxylation is 1. The predicted octanol–water partition coefficient (Wildman–Crippen LogP) is 6.42. The monoisotopic (exact) mass is 861 g/mol. The number of ether oxygens (including phenoxy) is 3. The molecule has 3 amide bonds. The van der Waals surface area contributed by atoms with Crippen LogP contribution in [-0.4, -0.2) is 93.6 Å². The highest BCUT2D eigenvalue weighted by molar-refractivity contribution is 7.13. The molecular formula is C43H46F3N7O7S. The number of carbonyl (C=O) groups is 3. The molecule has 3 aromatic carbocycles. The van der Waals surface area contributed by atoms with Crippen LogP contribution in [0.5, 0.6) is 11.5 Å². The number of aliphatic hydroxyl groups is 1. The van der Waals surface area contributed by atoms with E-state index in [0.29, 0.717) is 22.9 Å². The number of carbonyl (C=O) groups excluding carboxylic acids is 3. The Morgan fingerprint density at radius 1 is 0.918 bits per heavy atom. The summed E-state index contributed by atoms with van der Waals surface area (Å²) in [5.74, 6) is -0.774. The molecule has 1 fully saturated rings. The van der Waals surface area contributed by atoms with Crippen molar-refractivity contribution < 1.29 is 46.9 Å². The third kappa shape index (κ3) is 12.5. The third-order valence-electron chi connectivity index (χ3n) is 9.62. The molecule has 322 valence electrons. The van der Waals surface area contributed by atoms with Crippen LogP contribution in [0.1, 0.15) is 38.4 Å². The number of aliphatic hydroxyl groups excluding tert-OH is 1. The van der Waals surface area contributed by atoms with Gasteiger partial charge in [-0.25, -0.2) is 15.0 Å². The summed E-state index contributed by atoms with van der Waals surface area (Å²) < 4.78 is 52.6. The number of alkyl halides is 3. The zero-order valence-corrected chi connectivity index (χ0v) is 34.7. The van der Waals surface area contributed by atoms with Gasteiger partial charge in [-0.15, -0.1) is 24.5 Å². The third-order valence-corrected chi connectivity index (χ3v) is 10.6. The highest BCUT2D eigenvalue weighted by Gasteiger charge is 2.44. The maximum atomic E-state index is 13.9. The molecule has 1 aliphatic heterocycles. The average Bonchev–Trinajstić information content (AvgIpc) is 3.84. The molecule has 14 nitrogen and oxygen atoms in total. The van der Waals surface area contributed by atoms with Crippen molar-refractivity contribution >= 4 is 40.6 Å². The summed E-state index contributed by atoms with van der Waals surface area (Å²) in [7, 11) is 0. The van der Waals surface area contributed by atoms with Gasteiger partial charge in [-0.3, -0.25) is 14.4 Å². The molecule has 18 heteroatoms. The Balaban J connectivity index is 0.943. The quantitative estimate of drug-likeness (QED) is 0.0806. The van der Waals surface area contributed by atoms with Crippen molar-refractivity contribution in [2.45, 2.75) is 65.2 Å². The minimum Gasteiger partial charge on any atom is -0.491 e. The van der Waals surface area contributed by atoms with Crippen LogP contribution in [-0.2, 0) is 25.7 Å². The Kier molecular flexibility index (Phi) is 14.2. The van der Waals surface area contributed by atoms with Gasteiger partial charge in [-0.05, 0) is 72.0 Å². The largest absolute Gasteiger partial charge is 0.573 e. The fraction of sp³-hybridized carbons (Fsp3) is 0.349. The Morgan fingerprint density at radius 3 is 2.26 bits per heavy atom. The minimum atomic E-state index is -4.78. The van der Waals surface area contributed by atoms with Gasteiger partial charge in [0.25, 0.3) is 0 Å². The fourth-order valence-corrected chi connectivity index (χ4v) is 7.37. The smallest absolute Gasteiger partial charge is 0.491 e. The van der Waals surface area contributed by atoms with Crippen molar-refractivity contribution in [3.8, 4) is 33.2 Å². The van der Waals surface area contributed by atoms with Crippen LogP contribution < -0.4 is 25.4 Å². The lowest BCUT2D eigenvalue weighted by Gasteiger charge is -2.35. The number of thiazole rings is 1. The molecule has 3 unspecified atom stereocenters. The summed E-state index contributed by atoms with van der Waals surface area (Å²) in [5.41, 5.74) is 5.76. The summed E-state index contributed by atoms with van der Waals surface area (Å²) in [4.78, 5) is 55.6. The average molecular weight is 862 g/mol. The highest BCUT2D eigenvalue weighted by atomic mass is 32.1. The van der Waals surface area contributed by atoms with Gasteiger partial charge in [0, 0.05) is 36.8 Å². The Hall–Kier alpha value is -6.11. The van der Waals surface area contributed by atoms with E-state index in [1.165, 1.54) is 35.5 Å². The Morgan fingerprint density at radius 2 is 1.61 bits per heavy atom. The number of hydrogen-bond donors (Lipinski definition) is 4. The summed E-state index contributed by atoms with van der Waals surface area (Å²) in [6.45, 7) is 7.41. The number of rotatable bonds is 16. The zero-order chi connectivity index (χ0) is 43.7. The second-order valence-corrected chi connectivity index (χ2v) is 16.2. The summed E-state index contributed by atoms with van der Waals surface area (Å²) in [6, 6.07) is 19.9. The first-order chi connectivity index (χ1) is 29.0. The molecule has 1 saturated heterocycles. The number of nitrogens with zero attached hydrogens (tertiary/aromatic N) is 4. The first kappa shape index (κ1) is 44.4. The van der Waals surface area contributed by atoms with E-state index in [4.69, 9.17) is 9.47 Å². The van der Waals surface area contributed by atoms with E-state index in [0.717, 1.165) is 27.3 Å². The van der Waals surface area contributed by atoms with Crippen LogP contribution in [0.4, 0.5) is 24.7 Å². The van der Waals surface area contributed by atoms with Crippen LogP contribution in [0.2, 0.25) is 0 Å². The maximum Gasteiger partial charge on any atom is 0.573 e. The number of amides is 3. The van der Waals surface area contributed by atoms with E-state index in [1.807, 2.05) is 31.2 Å². The molecule has 3 atom stereocenters. The predicted molar refractivity (Wildman–Crippen MR) is 222 cm³/mol. The molecule has 0 aliphatic carbocycles. The van der Waals surface area contributed by atoms with Gasteiger partial charge < -0.3 is 40.2 Å². The first-order valence-electron chi connectivity index (χ1n) is 19.3. The van der Waals surface area contributed by atoms with Crippen molar-refractivity contribution in [2.24, 2.45) is 5.41 Å². The van der Waals surface area contributed by atoms with Gasteiger partial charge in [0.2, 0.25) is 17.7 Å². The molecule has 2 aromatic heterocycles. The van der Waals surface area contributed by atoms with Crippen LogP contribution in [0.25, 0.3) is 21.7 Å². The fourth-order valence-electron chi connectivity index (χ4n) is 6.56. The van der Waals surface area contributed by atoms with Crippen molar-refractivity contribution in [3.63, 3.8) is 0 Å². The van der Waals surface area contributed by atoms with Gasteiger partial charge in [0.15, 0.2) is 0 Å². The van der Waals surface area contributed by atoms with E-state index >= 15 is 0 Å². The number of hydrogen-bond acceptors (Lipinski definition) is 12. The summed E-state index contributed by atoms with van der Waals surface area (Å²) in [6.07, 6.45) is -4.24. The number of likely N-dealkylation sites (tertiary alicyclic amines) is 1. The van der Waals surface area contributed by atoms with Gasteiger partial charge in [-0.1, -0.05) is 45.0 Å². The van der Waals surface area contributed by atoms with Crippen molar-refractivity contribution in [3.05, 3.63) is 102 Å². The molecule has 1 aliphatic rings. The number of β-amino-alcohol motifs (C(OH)–C–C–N with tert-alkyl or cyclic N) is 1. The number of halogens is 3. The molecule has 4 N–H and O–H groups in total. The van der Waals surface area contributed by atoms with Crippen molar-refractivity contribution in [1.29, 1.82) is 0 Å². The SMILES string of the molecule is Cc1ncsc1-c1ccc(CNC(=O)C2CC(O)CN2C(=O)C(NC(=O)COCCOc2ccc(-c3cc(Nc4ccc(OC(F)(F)F)cc4)ncn3)cc2)C(C)(C)C)cc1. The van der Waals surface area contributed by atoms with Crippen LogP contribution >= 0.6 is 11.3 Å². The Bertz CT molecular complexity index is 2270. The van der Waals surface area contributed by atoms with E-state index in [-0.39, 0.29) is 45.1 Å². The second-order valence-electron chi connectivity index (χ2n) is 15.4. The highest BCUT2D eigenvalue weighted by Crippen LogP contribution is 2.30. The standard InChI is InChI=1S/C43H46F3N7O7S/c1-26-38(61-25-50-26)29-7-5-27(6-8-29)21-47-40(56)35-19-31(54)22-53(35)41(57)39(42(2,3)4)52-37(55)23-58-17-18-59-32-13-9-28(10-14-32)34-20-36(49-24-48-34)51-30-11-15-33(16-12-30)60-43(44,45)46/h5-16,20,24-25,31,35,39,54H,17-19,21-23H2,1-4H3,(H,47,56)(H,52,55)(H,48,49,51). The van der Waals surface area contributed by atoms with Crippen LogP contribution in [0, 0.1) is 12.3 Å². The lowest BCUT2D eigenvalue weighted by molar-refractivity contribution is -0.274. The Labute approximate surface area is 354 Å². The van der Waals surface area contributed by atoms with E-state index in [1.54, 1.807) is 68.0 Å². The van der Waals surface area contributed by atoms with Crippen molar-refractivity contribution in [2.75, 3.05) is 31.7 Å². The first-order valence-corrected chi connectivity index (χ1v) is 20.2.